The van der Waals surface area contributed by atoms with Crippen LogP contribution >= 0.6 is 0 Å². The maximum absolute atomic E-state index is 13.1. The van der Waals surface area contributed by atoms with Crippen molar-refractivity contribution >= 4 is 29.5 Å². The van der Waals surface area contributed by atoms with Crippen LogP contribution in [0.25, 0.3) is 0 Å². The van der Waals surface area contributed by atoms with Crippen LogP contribution in [-0.4, -0.2) is 66.8 Å². The molecular formula is C32H63N7O5. The van der Waals surface area contributed by atoms with Crippen LogP contribution in [0.3, 0.4) is 0 Å². The fourth-order valence-corrected chi connectivity index (χ4v) is 4.80. The van der Waals surface area contributed by atoms with E-state index in [-0.39, 0.29) is 5.91 Å². The minimum absolute atomic E-state index is 0.189. The Labute approximate surface area is 265 Å². The molecular weight excluding hydrogens is 562 g/mol. The highest BCUT2D eigenvalue weighted by Crippen LogP contribution is 2.12. The van der Waals surface area contributed by atoms with Gasteiger partial charge in [0, 0.05) is 6.42 Å². The molecule has 5 amide bonds. The molecule has 0 saturated carbocycles. The molecule has 0 fully saturated rings. The molecule has 0 aromatic heterocycles. The third kappa shape index (κ3) is 21.1. The first-order valence-electron chi connectivity index (χ1n) is 17.0. The number of unbranched alkanes of at least 4 members (excludes halogenated alkanes) is 12. The molecule has 0 saturated heterocycles. The van der Waals surface area contributed by atoms with E-state index in [9.17, 15) is 24.0 Å². The van der Waals surface area contributed by atoms with Crippen molar-refractivity contribution in [2.45, 2.75) is 161 Å². The standard InChI is InChI=1S/C32H63N7O5/c1-4-5-6-7-8-9-10-11-12-13-14-21-28(40)38-26(19-15-17-22-33)31(43)37-25(3)30(42)39-27(20-16-18-23-34)32(44)36-24(2)29(35)41/h24-27H,4-23,33-34H2,1-3H3,(H2,35,41)(H,36,44)(H,37,43)(H,38,40)(H,39,42). The summed E-state index contributed by atoms with van der Waals surface area (Å²) >= 11 is 0. The van der Waals surface area contributed by atoms with Gasteiger partial charge in [-0.25, -0.2) is 0 Å². The third-order valence-electron chi connectivity index (χ3n) is 7.72. The predicted molar refractivity (Wildman–Crippen MR) is 175 cm³/mol. The zero-order chi connectivity index (χ0) is 33.2. The Morgan fingerprint density at radius 3 is 1.41 bits per heavy atom. The number of carbonyl (C=O) groups excluding carboxylic acids is 5. The van der Waals surface area contributed by atoms with Gasteiger partial charge in [0.1, 0.15) is 24.2 Å². The van der Waals surface area contributed by atoms with Crippen molar-refractivity contribution in [1.82, 2.24) is 21.3 Å². The van der Waals surface area contributed by atoms with E-state index >= 15 is 0 Å². The number of carbonyl (C=O) groups is 5. The fraction of sp³-hybridized carbons (Fsp3) is 0.844. The molecule has 0 spiro atoms. The lowest BCUT2D eigenvalue weighted by atomic mass is 10.0. The Hall–Kier alpha value is -2.73. The Morgan fingerprint density at radius 1 is 0.523 bits per heavy atom. The third-order valence-corrected chi connectivity index (χ3v) is 7.72. The number of nitrogens with one attached hydrogen (secondary N) is 4. The predicted octanol–water partition coefficient (Wildman–Crippen LogP) is 2.41. The number of rotatable bonds is 28. The van der Waals surface area contributed by atoms with E-state index in [1.807, 2.05) is 0 Å². The smallest absolute Gasteiger partial charge is 0.243 e. The van der Waals surface area contributed by atoms with Crippen molar-refractivity contribution < 1.29 is 24.0 Å². The Kier molecular flexibility index (Phi) is 25.0. The summed E-state index contributed by atoms with van der Waals surface area (Å²) in [5, 5.41) is 10.7. The van der Waals surface area contributed by atoms with Gasteiger partial charge in [-0.2, -0.15) is 0 Å². The summed E-state index contributed by atoms with van der Waals surface area (Å²) in [5.41, 5.74) is 16.4. The Morgan fingerprint density at radius 2 is 0.955 bits per heavy atom. The van der Waals surface area contributed by atoms with Crippen molar-refractivity contribution in [2.24, 2.45) is 17.2 Å². The van der Waals surface area contributed by atoms with Gasteiger partial charge in [-0.1, -0.05) is 71.1 Å². The van der Waals surface area contributed by atoms with Crippen molar-refractivity contribution in [1.29, 1.82) is 0 Å². The van der Waals surface area contributed by atoms with Crippen LogP contribution in [-0.2, 0) is 24.0 Å². The summed E-state index contributed by atoms with van der Waals surface area (Å²) in [4.78, 5) is 62.8. The lowest BCUT2D eigenvalue weighted by Crippen LogP contribution is -2.57. The average Bonchev–Trinajstić information content (AvgIpc) is 2.98. The van der Waals surface area contributed by atoms with Gasteiger partial charge in [0.25, 0.3) is 0 Å². The first kappa shape index (κ1) is 41.3. The molecule has 0 heterocycles. The Balaban J connectivity index is 4.84. The average molecular weight is 626 g/mol. The van der Waals surface area contributed by atoms with Crippen LogP contribution in [0.5, 0.6) is 0 Å². The maximum Gasteiger partial charge on any atom is 0.243 e. The van der Waals surface area contributed by atoms with Gasteiger partial charge in [-0.15, -0.1) is 0 Å². The second-order valence-corrected chi connectivity index (χ2v) is 11.9. The lowest BCUT2D eigenvalue weighted by Gasteiger charge is -2.24. The zero-order valence-corrected chi connectivity index (χ0v) is 27.7. The molecule has 12 nitrogen and oxygen atoms in total. The number of nitrogens with two attached hydrogens (primary N) is 3. The summed E-state index contributed by atoms with van der Waals surface area (Å²) in [6.45, 7) is 6.10. The van der Waals surface area contributed by atoms with Crippen molar-refractivity contribution in [3.63, 3.8) is 0 Å². The Bertz CT molecular complexity index is 827. The summed E-state index contributed by atoms with van der Waals surface area (Å²) < 4.78 is 0. The highest BCUT2D eigenvalue weighted by atomic mass is 16.2. The van der Waals surface area contributed by atoms with Gasteiger partial charge in [-0.3, -0.25) is 24.0 Å². The van der Waals surface area contributed by atoms with Crippen molar-refractivity contribution in [2.75, 3.05) is 13.1 Å². The molecule has 0 radical (unpaired) electrons. The first-order chi connectivity index (χ1) is 21.1. The molecule has 0 aliphatic rings. The van der Waals surface area contributed by atoms with Gasteiger partial charge in [0.05, 0.1) is 0 Å². The van der Waals surface area contributed by atoms with Gasteiger partial charge in [-0.05, 0) is 71.9 Å². The molecule has 4 unspecified atom stereocenters. The van der Waals surface area contributed by atoms with E-state index in [1.165, 1.54) is 65.2 Å². The minimum Gasteiger partial charge on any atom is -0.368 e. The summed E-state index contributed by atoms with van der Waals surface area (Å²) in [6.07, 6.45) is 16.7. The topological polar surface area (TPSA) is 212 Å². The normalized spacial score (nSPS) is 13.8. The largest absolute Gasteiger partial charge is 0.368 e. The van der Waals surface area contributed by atoms with E-state index in [0.717, 1.165) is 19.3 Å². The van der Waals surface area contributed by atoms with E-state index in [0.29, 0.717) is 58.0 Å². The molecule has 12 heteroatoms. The first-order valence-corrected chi connectivity index (χ1v) is 17.0. The summed E-state index contributed by atoms with van der Waals surface area (Å²) in [6, 6.07) is -3.60. The fourth-order valence-electron chi connectivity index (χ4n) is 4.80. The van der Waals surface area contributed by atoms with Gasteiger partial charge in [0.15, 0.2) is 0 Å². The van der Waals surface area contributed by atoms with Crippen LogP contribution in [0.15, 0.2) is 0 Å². The minimum atomic E-state index is -0.971. The van der Waals surface area contributed by atoms with Crippen LogP contribution in [0.1, 0.15) is 136 Å². The highest BCUT2D eigenvalue weighted by molar-refractivity contribution is 5.95. The number of hydrogen-bond donors (Lipinski definition) is 7. The second kappa shape index (κ2) is 26.7. The van der Waals surface area contributed by atoms with Gasteiger partial charge in [0.2, 0.25) is 29.5 Å². The number of amides is 5. The highest BCUT2D eigenvalue weighted by Gasteiger charge is 2.28. The zero-order valence-electron chi connectivity index (χ0n) is 27.7. The molecule has 0 bridgehead atoms. The maximum atomic E-state index is 13.1. The quantitative estimate of drug-likeness (QED) is 0.0645. The van der Waals surface area contributed by atoms with E-state index < -0.39 is 47.8 Å². The van der Waals surface area contributed by atoms with Crippen molar-refractivity contribution in [3.8, 4) is 0 Å². The number of hydrogen-bond acceptors (Lipinski definition) is 7. The molecule has 4 atom stereocenters. The monoisotopic (exact) mass is 625 g/mol. The van der Waals surface area contributed by atoms with E-state index in [2.05, 4.69) is 28.2 Å². The van der Waals surface area contributed by atoms with Gasteiger partial charge < -0.3 is 38.5 Å². The van der Waals surface area contributed by atoms with Gasteiger partial charge >= 0.3 is 0 Å². The van der Waals surface area contributed by atoms with E-state index in [4.69, 9.17) is 17.2 Å². The molecule has 44 heavy (non-hydrogen) atoms. The summed E-state index contributed by atoms with van der Waals surface area (Å²) in [7, 11) is 0. The SMILES string of the molecule is CCCCCCCCCCCCCC(=O)NC(CCCCN)C(=O)NC(C)C(=O)NC(CCCCN)C(=O)NC(C)C(N)=O. The van der Waals surface area contributed by atoms with E-state index in [1.54, 1.807) is 0 Å². The molecule has 0 aromatic rings. The van der Waals surface area contributed by atoms with Crippen LogP contribution < -0.4 is 38.5 Å². The molecule has 0 aliphatic heterocycles. The number of primary amides is 1. The molecule has 256 valence electrons. The van der Waals surface area contributed by atoms with Crippen molar-refractivity contribution in [3.05, 3.63) is 0 Å². The second-order valence-electron chi connectivity index (χ2n) is 11.9. The van der Waals surface area contributed by atoms with Crippen LogP contribution in [0, 0.1) is 0 Å². The molecule has 0 aliphatic carbocycles. The van der Waals surface area contributed by atoms with Crippen LogP contribution in [0.4, 0.5) is 0 Å². The lowest BCUT2D eigenvalue weighted by molar-refractivity contribution is -0.134. The molecule has 0 rings (SSSR count). The van der Waals surface area contributed by atoms with Crippen LogP contribution in [0.2, 0.25) is 0 Å². The molecule has 10 N–H and O–H groups in total. The molecule has 0 aromatic carbocycles. The summed E-state index contributed by atoms with van der Waals surface area (Å²) in [5.74, 6) is -2.47.